The van der Waals surface area contributed by atoms with Gasteiger partial charge in [-0.15, -0.1) is 11.3 Å². The highest BCUT2D eigenvalue weighted by Crippen LogP contribution is 2.32. The van der Waals surface area contributed by atoms with Crippen LogP contribution < -0.4 is 5.32 Å². The van der Waals surface area contributed by atoms with Gasteiger partial charge in [0.05, 0.1) is 8.67 Å². The molecule has 0 bridgehead atoms. The summed E-state index contributed by atoms with van der Waals surface area (Å²) in [4.78, 5) is 14.0. The van der Waals surface area contributed by atoms with Gasteiger partial charge in [0.1, 0.15) is 0 Å². The van der Waals surface area contributed by atoms with E-state index in [2.05, 4.69) is 12.2 Å². The number of carbonyl (C=O) groups excluding carboxylic acids is 1. The molecule has 2 rings (SSSR count). The molecular weight excluding hydrogens is 303 g/mol. The second kappa shape index (κ2) is 6.93. The van der Waals surface area contributed by atoms with Crippen LogP contribution in [0.2, 0.25) is 8.67 Å². The zero-order valence-electron chi connectivity index (χ0n) is 10.9. The second-order valence-corrected chi connectivity index (χ2v) is 7.18. The second-order valence-electron chi connectivity index (χ2n) is 4.90. The molecule has 1 amide bonds. The lowest BCUT2D eigenvalue weighted by molar-refractivity contribution is -0.132. The quantitative estimate of drug-likeness (QED) is 0.924. The molecule has 1 aromatic heterocycles. The normalized spacial score (nSPS) is 19.7. The van der Waals surface area contributed by atoms with Gasteiger partial charge >= 0.3 is 0 Å². The lowest BCUT2D eigenvalue weighted by Crippen LogP contribution is -2.51. The van der Waals surface area contributed by atoms with E-state index in [4.69, 9.17) is 23.2 Å². The Hall–Kier alpha value is -0.290. The number of carbonyl (C=O) groups is 1. The van der Waals surface area contributed by atoms with E-state index in [1.165, 1.54) is 11.3 Å². The van der Waals surface area contributed by atoms with E-state index in [0.29, 0.717) is 16.8 Å². The predicted molar refractivity (Wildman–Crippen MR) is 81.3 cm³/mol. The molecule has 1 fully saturated rings. The maximum Gasteiger partial charge on any atom is 0.222 e. The van der Waals surface area contributed by atoms with Crippen molar-refractivity contribution in [1.82, 2.24) is 10.2 Å². The molecule has 0 spiro atoms. The number of hydrogen-bond donors (Lipinski definition) is 1. The van der Waals surface area contributed by atoms with Gasteiger partial charge < -0.3 is 10.2 Å². The third-order valence-corrected chi connectivity index (χ3v) is 4.85. The third kappa shape index (κ3) is 4.35. The third-order valence-electron chi connectivity index (χ3n) is 3.29. The molecule has 1 aromatic rings. The van der Waals surface area contributed by atoms with Crippen molar-refractivity contribution < 1.29 is 4.79 Å². The Kier molecular flexibility index (Phi) is 5.51. The Bertz CT molecular complexity index is 450. The van der Waals surface area contributed by atoms with Crippen molar-refractivity contribution in [2.24, 2.45) is 0 Å². The fourth-order valence-corrected chi connectivity index (χ4v) is 3.84. The lowest BCUT2D eigenvalue weighted by Gasteiger charge is -2.32. The minimum atomic E-state index is 0.241. The van der Waals surface area contributed by atoms with Gasteiger partial charge in [-0.05, 0) is 31.4 Å². The molecule has 1 atom stereocenters. The summed E-state index contributed by atoms with van der Waals surface area (Å²) in [5, 5.41) is 3.33. The van der Waals surface area contributed by atoms with Crippen molar-refractivity contribution in [3.63, 3.8) is 0 Å². The fraction of sp³-hybridized carbons (Fsp3) is 0.615. The number of thiophene rings is 1. The standard InChI is InChI=1S/C13H18Cl2N2OS/c1-9-8-17(6-5-16-9)12(18)4-2-3-10-7-11(14)19-13(10)15/h7,9,16H,2-6,8H2,1H3. The maximum atomic E-state index is 12.1. The first kappa shape index (κ1) is 15.1. The van der Waals surface area contributed by atoms with E-state index < -0.39 is 0 Å². The van der Waals surface area contributed by atoms with Gasteiger partial charge in [-0.2, -0.15) is 0 Å². The summed E-state index contributed by atoms with van der Waals surface area (Å²) in [6.07, 6.45) is 2.22. The molecule has 1 unspecified atom stereocenters. The number of piperazine rings is 1. The van der Waals surface area contributed by atoms with Crippen LogP contribution in [0.15, 0.2) is 6.07 Å². The molecule has 0 aromatic carbocycles. The molecule has 3 nitrogen and oxygen atoms in total. The van der Waals surface area contributed by atoms with Gasteiger partial charge in [0.2, 0.25) is 5.91 Å². The molecule has 6 heteroatoms. The first-order valence-electron chi connectivity index (χ1n) is 6.51. The van der Waals surface area contributed by atoms with Crippen molar-refractivity contribution in [3.05, 3.63) is 20.3 Å². The summed E-state index contributed by atoms with van der Waals surface area (Å²) in [5.74, 6) is 0.241. The highest BCUT2D eigenvalue weighted by molar-refractivity contribution is 7.20. The Labute approximate surface area is 127 Å². The zero-order valence-corrected chi connectivity index (χ0v) is 13.2. The van der Waals surface area contributed by atoms with E-state index in [9.17, 15) is 4.79 Å². The van der Waals surface area contributed by atoms with Gasteiger partial charge in [-0.3, -0.25) is 4.79 Å². The minimum Gasteiger partial charge on any atom is -0.340 e. The molecule has 1 aliphatic rings. The predicted octanol–water partition coefficient (Wildman–Crippen LogP) is 3.20. The molecular formula is C13H18Cl2N2OS. The van der Waals surface area contributed by atoms with Gasteiger partial charge in [-0.25, -0.2) is 0 Å². The van der Waals surface area contributed by atoms with Crippen LogP contribution in [0.1, 0.15) is 25.3 Å². The van der Waals surface area contributed by atoms with Crippen LogP contribution in [0.5, 0.6) is 0 Å². The molecule has 19 heavy (non-hydrogen) atoms. The van der Waals surface area contributed by atoms with E-state index in [1.807, 2.05) is 11.0 Å². The van der Waals surface area contributed by atoms with Crippen LogP contribution >= 0.6 is 34.5 Å². The summed E-state index contributed by atoms with van der Waals surface area (Å²) >= 11 is 13.3. The van der Waals surface area contributed by atoms with Gasteiger partial charge in [-0.1, -0.05) is 23.2 Å². The van der Waals surface area contributed by atoms with Crippen LogP contribution in [0.25, 0.3) is 0 Å². The number of hydrogen-bond acceptors (Lipinski definition) is 3. The minimum absolute atomic E-state index is 0.241. The number of rotatable bonds is 4. The Morgan fingerprint density at radius 1 is 1.58 bits per heavy atom. The number of nitrogens with zero attached hydrogens (tertiary/aromatic N) is 1. The summed E-state index contributed by atoms with van der Waals surface area (Å²) in [6, 6.07) is 2.29. The van der Waals surface area contributed by atoms with E-state index in [1.54, 1.807) is 0 Å². The van der Waals surface area contributed by atoms with Crippen LogP contribution in [-0.2, 0) is 11.2 Å². The van der Waals surface area contributed by atoms with Crippen molar-refractivity contribution in [2.75, 3.05) is 19.6 Å². The van der Waals surface area contributed by atoms with E-state index >= 15 is 0 Å². The molecule has 1 N–H and O–H groups in total. The molecule has 106 valence electrons. The van der Waals surface area contributed by atoms with Gasteiger partial charge in [0, 0.05) is 32.1 Å². The van der Waals surface area contributed by atoms with E-state index in [-0.39, 0.29) is 5.91 Å². The maximum absolute atomic E-state index is 12.1. The molecule has 2 heterocycles. The number of halogens is 2. The molecule has 0 aliphatic carbocycles. The summed E-state index contributed by atoms with van der Waals surface area (Å²) in [5.41, 5.74) is 1.05. The Balaban J connectivity index is 1.76. The topological polar surface area (TPSA) is 32.3 Å². The largest absolute Gasteiger partial charge is 0.340 e. The first-order chi connectivity index (χ1) is 9.06. The highest BCUT2D eigenvalue weighted by Gasteiger charge is 2.19. The summed E-state index contributed by atoms with van der Waals surface area (Å²) in [7, 11) is 0. The summed E-state index contributed by atoms with van der Waals surface area (Å²) < 4.78 is 1.45. The van der Waals surface area contributed by atoms with Crippen LogP contribution in [0, 0.1) is 0 Å². The monoisotopic (exact) mass is 320 g/mol. The number of nitrogens with one attached hydrogen (secondary N) is 1. The van der Waals surface area contributed by atoms with Crippen molar-refractivity contribution >= 4 is 40.4 Å². The SMILES string of the molecule is CC1CN(C(=O)CCCc2cc(Cl)sc2Cl)CCN1. The Morgan fingerprint density at radius 3 is 3.00 bits per heavy atom. The smallest absolute Gasteiger partial charge is 0.222 e. The lowest BCUT2D eigenvalue weighted by atomic mass is 10.1. The van der Waals surface area contributed by atoms with Crippen LogP contribution in [0.4, 0.5) is 0 Å². The molecule has 0 radical (unpaired) electrons. The van der Waals surface area contributed by atoms with E-state index in [0.717, 1.165) is 42.4 Å². The number of aryl methyl sites for hydroxylation is 1. The van der Waals surface area contributed by atoms with Gasteiger partial charge in [0.15, 0.2) is 0 Å². The first-order valence-corrected chi connectivity index (χ1v) is 8.08. The zero-order chi connectivity index (χ0) is 13.8. The highest BCUT2D eigenvalue weighted by atomic mass is 35.5. The molecule has 1 saturated heterocycles. The van der Waals surface area contributed by atoms with Gasteiger partial charge in [0.25, 0.3) is 0 Å². The molecule has 0 saturated carbocycles. The van der Waals surface area contributed by atoms with Crippen LogP contribution in [0.3, 0.4) is 0 Å². The average Bonchev–Trinajstić information content (AvgIpc) is 2.68. The Morgan fingerprint density at radius 2 is 2.37 bits per heavy atom. The van der Waals surface area contributed by atoms with Crippen molar-refractivity contribution in [2.45, 2.75) is 32.2 Å². The number of amides is 1. The van der Waals surface area contributed by atoms with Crippen LogP contribution in [-0.4, -0.2) is 36.5 Å². The molecule has 1 aliphatic heterocycles. The van der Waals surface area contributed by atoms with Crippen molar-refractivity contribution in [3.8, 4) is 0 Å². The average molecular weight is 321 g/mol. The fourth-order valence-electron chi connectivity index (χ4n) is 2.29. The van der Waals surface area contributed by atoms with Crippen molar-refractivity contribution in [1.29, 1.82) is 0 Å². The summed E-state index contributed by atoms with van der Waals surface area (Å²) in [6.45, 7) is 4.61.